The Morgan fingerprint density at radius 1 is 1.22 bits per heavy atom. The number of aromatic amines is 1. The minimum Gasteiger partial charge on any atom is -0.497 e. The molecule has 1 aliphatic heterocycles. The van der Waals surface area contributed by atoms with Gasteiger partial charge in [0.2, 0.25) is 5.88 Å². The van der Waals surface area contributed by atoms with Gasteiger partial charge in [-0.15, -0.1) is 0 Å². The molecule has 3 aromatic rings. The number of nitrogens with zero attached hydrogens (tertiary/aromatic N) is 1. The Balaban J connectivity index is 1.77. The first-order chi connectivity index (χ1) is 11.2. The molecule has 0 bridgehead atoms. The van der Waals surface area contributed by atoms with Crippen LogP contribution in [0.3, 0.4) is 0 Å². The summed E-state index contributed by atoms with van der Waals surface area (Å²) in [7, 11) is 1.61. The van der Waals surface area contributed by atoms with Crippen molar-refractivity contribution in [3.8, 4) is 23.1 Å². The number of nitrogens with one attached hydrogen (secondary N) is 1. The maximum absolute atomic E-state index is 12.7. The molecule has 23 heavy (non-hydrogen) atoms. The van der Waals surface area contributed by atoms with Gasteiger partial charge in [0.1, 0.15) is 11.5 Å². The topological polar surface area (TPSA) is 56.2 Å². The quantitative estimate of drug-likeness (QED) is 0.584. The molecule has 0 saturated heterocycles. The molecule has 5 nitrogen and oxygen atoms in total. The number of benzene rings is 2. The van der Waals surface area contributed by atoms with Crippen molar-refractivity contribution in [1.82, 2.24) is 9.78 Å². The smallest absolute Gasteiger partial charge is 0.278 e. The highest BCUT2D eigenvalue weighted by molar-refractivity contribution is 9.10. The van der Waals surface area contributed by atoms with E-state index in [1.54, 1.807) is 7.11 Å². The zero-order valence-corrected chi connectivity index (χ0v) is 13.9. The lowest BCUT2D eigenvalue weighted by Crippen LogP contribution is -2.18. The molecular weight excluding hydrogens is 360 g/mol. The molecule has 0 atom stereocenters. The summed E-state index contributed by atoms with van der Waals surface area (Å²) in [4.78, 5) is 12.7. The number of fused-ring (bicyclic) bond motifs is 2. The number of rotatable bonds is 2. The van der Waals surface area contributed by atoms with E-state index in [0.29, 0.717) is 17.9 Å². The molecule has 1 N–H and O–H groups in total. The molecule has 116 valence electrons. The van der Waals surface area contributed by atoms with E-state index in [4.69, 9.17) is 9.47 Å². The second-order valence-corrected chi connectivity index (χ2v) is 6.20. The van der Waals surface area contributed by atoms with Crippen molar-refractivity contribution in [1.29, 1.82) is 0 Å². The van der Waals surface area contributed by atoms with Crippen LogP contribution in [0.2, 0.25) is 0 Å². The minimum atomic E-state index is -0.101. The summed E-state index contributed by atoms with van der Waals surface area (Å²) >= 11 is 3.45. The molecule has 0 spiro atoms. The first kappa shape index (κ1) is 14.1. The highest BCUT2D eigenvalue weighted by atomic mass is 79.9. The maximum atomic E-state index is 12.7. The Hall–Kier alpha value is -2.47. The molecule has 2 aromatic carbocycles. The molecule has 6 heteroatoms. The largest absolute Gasteiger partial charge is 0.497 e. The van der Waals surface area contributed by atoms with Gasteiger partial charge in [-0.05, 0) is 42.5 Å². The van der Waals surface area contributed by atoms with E-state index in [-0.39, 0.29) is 5.56 Å². The number of methoxy groups -OCH3 is 1. The van der Waals surface area contributed by atoms with E-state index < -0.39 is 0 Å². The summed E-state index contributed by atoms with van der Waals surface area (Å²) in [5.74, 6) is 2.01. The van der Waals surface area contributed by atoms with E-state index in [2.05, 4.69) is 21.0 Å². The molecule has 2 heterocycles. The first-order valence-electron chi connectivity index (χ1n) is 7.10. The fourth-order valence-electron chi connectivity index (χ4n) is 2.69. The standard InChI is InChI=1S/C17H13BrN2O3/c1-22-13-5-3-12(4-6-13)20-17(21)14-9-10-8-11(18)2-7-15(10)23-16(14)19-20/h2-8,19H,9H2,1H3. The van der Waals surface area contributed by atoms with Crippen molar-refractivity contribution in [2.24, 2.45) is 0 Å². The monoisotopic (exact) mass is 372 g/mol. The van der Waals surface area contributed by atoms with Gasteiger partial charge in [-0.3, -0.25) is 9.89 Å². The van der Waals surface area contributed by atoms with Crippen molar-refractivity contribution in [3.63, 3.8) is 0 Å². The molecule has 0 radical (unpaired) electrons. The minimum absolute atomic E-state index is 0.101. The Labute approximate surface area is 140 Å². The van der Waals surface area contributed by atoms with Crippen LogP contribution in [-0.4, -0.2) is 16.9 Å². The van der Waals surface area contributed by atoms with Crippen LogP contribution >= 0.6 is 15.9 Å². The van der Waals surface area contributed by atoms with Crippen molar-refractivity contribution >= 4 is 15.9 Å². The third-order valence-corrected chi connectivity index (χ3v) is 4.37. The summed E-state index contributed by atoms with van der Waals surface area (Å²) in [6.45, 7) is 0. The lowest BCUT2D eigenvalue weighted by molar-refractivity contribution is 0.414. The molecular formula is C17H13BrN2O3. The maximum Gasteiger partial charge on any atom is 0.278 e. The highest BCUT2D eigenvalue weighted by Crippen LogP contribution is 2.35. The van der Waals surface area contributed by atoms with E-state index in [1.807, 2.05) is 42.5 Å². The van der Waals surface area contributed by atoms with Gasteiger partial charge in [-0.25, -0.2) is 4.68 Å². The fraction of sp³-hybridized carbons (Fsp3) is 0.118. The number of hydrogen-bond acceptors (Lipinski definition) is 3. The normalized spacial score (nSPS) is 12.3. The van der Waals surface area contributed by atoms with Gasteiger partial charge in [0, 0.05) is 16.5 Å². The van der Waals surface area contributed by atoms with Crippen molar-refractivity contribution in [2.75, 3.05) is 7.11 Å². The van der Waals surface area contributed by atoms with Gasteiger partial charge in [0.15, 0.2) is 0 Å². The van der Waals surface area contributed by atoms with Gasteiger partial charge < -0.3 is 9.47 Å². The van der Waals surface area contributed by atoms with Gasteiger partial charge in [-0.2, -0.15) is 0 Å². The van der Waals surface area contributed by atoms with Crippen LogP contribution < -0.4 is 15.0 Å². The molecule has 1 aliphatic rings. The molecule has 0 fully saturated rings. The molecule has 1 aromatic heterocycles. The zero-order valence-electron chi connectivity index (χ0n) is 12.3. The van der Waals surface area contributed by atoms with E-state index in [1.165, 1.54) is 4.68 Å². The second kappa shape index (κ2) is 5.31. The molecule has 0 unspecified atom stereocenters. The van der Waals surface area contributed by atoms with E-state index in [0.717, 1.165) is 27.2 Å². The Kier molecular flexibility index (Phi) is 3.27. The van der Waals surface area contributed by atoms with Crippen LogP contribution in [0, 0.1) is 0 Å². The van der Waals surface area contributed by atoms with Crippen LogP contribution in [0.1, 0.15) is 11.1 Å². The van der Waals surface area contributed by atoms with E-state index in [9.17, 15) is 4.79 Å². The van der Waals surface area contributed by atoms with Crippen molar-refractivity contribution in [3.05, 3.63) is 68.4 Å². The van der Waals surface area contributed by atoms with Crippen LogP contribution in [0.25, 0.3) is 5.69 Å². The summed E-state index contributed by atoms with van der Waals surface area (Å²) in [6, 6.07) is 13.1. The van der Waals surface area contributed by atoms with Crippen LogP contribution in [0.4, 0.5) is 0 Å². The number of H-pyrrole nitrogens is 1. The number of aromatic nitrogens is 2. The average Bonchev–Trinajstić information content (AvgIpc) is 2.89. The number of ether oxygens (including phenoxy) is 2. The molecule has 0 saturated carbocycles. The zero-order chi connectivity index (χ0) is 16.0. The van der Waals surface area contributed by atoms with Crippen molar-refractivity contribution < 1.29 is 9.47 Å². The van der Waals surface area contributed by atoms with Gasteiger partial charge in [0.25, 0.3) is 5.56 Å². The Bertz CT molecular complexity index is 941. The van der Waals surface area contributed by atoms with E-state index >= 15 is 0 Å². The Morgan fingerprint density at radius 3 is 2.74 bits per heavy atom. The van der Waals surface area contributed by atoms with Gasteiger partial charge in [-0.1, -0.05) is 15.9 Å². The molecule has 4 rings (SSSR count). The summed E-state index contributed by atoms with van der Waals surface area (Å²) < 4.78 is 13.4. The molecule has 0 amide bonds. The van der Waals surface area contributed by atoms with Crippen LogP contribution in [0.5, 0.6) is 17.4 Å². The molecule has 0 aliphatic carbocycles. The average molecular weight is 373 g/mol. The number of halogens is 1. The van der Waals surface area contributed by atoms with Crippen molar-refractivity contribution in [2.45, 2.75) is 6.42 Å². The third-order valence-electron chi connectivity index (χ3n) is 3.88. The third kappa shape index (κ3) is 2.35. The predicted molar refractivity (Wildman–Crippen MR) is 90.0 cm³/mol. The summed E-state index contributed by atoms with van der Waals surface area (Å²) in [6.07, 6.45) is 0.544. The Morgan fingerprint density at radius 2 is 2.00 bits per heavy atom. The van der Waals surface area contributed by atoms with Gasteiger partial charge >= 0.3 is 0 Å². The highest BCUT2D eigenvalue weighted by Gasteiger charge is 2.24. The van der Waals surface area contributed by atoms with Crippen LogP contribution in [-0.2, 0) is 6.42 Å². The predicted octanol–water partition coefficient (Wildman–Crippen LogP) is 3.63. The summed E-state index contributed by atoms with van der Waals surface area (Å²) in [5.41, 5.74) is 2.26. The second-order valence-electron chi connectivity index (χ2n) is 5.29. The van der Waals surface area contributed by atoms with Gasteiger partial charge in [0.05, 0.1) is 18.4 Å². The lowest BCUT2D eigenvalue weighted by Gasteiger charge is -2.15. The SMILES string of the molecule is COc1ccc(-n2[nH]c3c(c2=O)Cc2cc(Br)ccc2O3)cc1. The lowest BCUT2D eigenvalue weighted by atomic mass is 10.0. The summed E-state index contributed by atoms with van der Waals surface area (Å²) in [5, 5.41) is 3.04. The number of hydrogen-bond donors (Lipinski definition) is 1. The van der Waals surface area contributed by atoms with Crippen LogP contribution in [0.15, 0.2) is 51.7 Å². The first-order valence-corrected chi connectivity index (χ1v) is 7.89. The fourth-order valence-corrected chi connectivity index (χ4v) is 3.10.